The summed E-state index contributed by atoms with van der Waals surface area (Å²) in [5.74, 6) is 0. The Morgan fingerprint density at radius 2 is 2.08 bits per heavy atom. The first kappa shape index (κ1) is 9.25. The zero-order valence-electron chi connectivity index (χ0n) is 7.23. The van der Waals surface area contributed by atoms with E-state index in [0.717, 1.165) is 11.8 Å². The molecule has 4 heteroatoms. The van der Waals surface area contributed by atoms with Gasteiger partial charge in [0.25, 0.3) is 6.20 Å². The topological polar surface area (TPSA) is 55.2 Å². The Kier molecular flexibility index (Phi) is 3.03. The van der Waals surface area contributed by atoms with Gasteiger partial charge in [0, 0.05) is 12.6 Å². The standard InChI is InChI=1S/C9H10N2O2/c1-10-9(7-11(12)13)8-5-3-2-4-6-8/h2-7,10H,1H3/b9-7+. The van der Waals surface area contributed by atoms with Gasteiger partial charge in [0.15, 0.2) is 0 Å². The van der Waals surface area contributed by atoms with E-state index >= 15 is 0 Å². The molecule has 0 unspecified atom stereocenters. The maximum absolute atomic E-state index is 10.2. The van der Waals surface area contributed by atoms with Crippen LogP contribution in [0.25, 0.3) is 5.70 Å². The Bertz CT molecular complexity index is 320. The lowest BCUT2D eigenvalue weighted by atomic mass is 10.2. The van der Waals surface area contributed by atoms with Gasteiger partial charge in [0.1, 0.15) is 5.70 Å². The number of hydrogen-bond donors (Lipinski definition) is 1. The summed E-state index contributed by atoms with van der Waals surface area (Å²) >= 11 is 0. The summed E-state index contributed by atoms with van der Waals surface area (Å²) in [7, 11) is 1.66. The Morgan fingerprint density at radius 3 is 2.54 bits per heavy atom. The molecule has 1 N–H and O–H groups in total. The summed E-state index contributed by atoms with van der Waals surface area (Å²) in [6, 6.07) is 9.15. The Morgan fingerprint density at radius 1 is 1.46 bits per heavy atom. The van der Waals surface area contributed by atoms with Gasteiger partial charge < -0.3 is 5.32 Å². The monoisotopic (exact) mass is 178 g/mol. The highest BCUT2D eigenvalue weighted by atomic mass is 16.6. The van der Waals surface area contributed by atoms with E-state index in [-0.39, 0.29) is 0 Å². The maximum Gasteiger partial charge on any atom is 0.257 e. The van der Waals surface area contributed by atoms with Crippen LogP contribution in [-0.2, 0) is 0 Å². The predicted octanol–water partition coefficient (Wildman–Crippen LogP) is 1.48. The van der Waals surface area contributed by atoms with E-state index in [2.05, 4.69) is 5.32 Å². The third-order valence-electron chi connectivity index (χ3n) is 1.59. The molecule has 1 rings (SSSR count). The lowest BCUT2D eigenvalue weighted by Crippen LogP contribution is -2.06. The van der Waals surface area contributed by atoms with Gasteiger partial charge in [-0.25, -0.2) is 0 Å². The van der Waals surface area contributed by atoms with E-state index in [9.17, 15) is 10.1 Å². The lowest BCUT2D eigenvalue weighted by Gasteiger charge is -2.02. The summed E-state index contributed by atoms with van der Waals surface area (Å²) in [4.78, 5) is 9.76. The van der Waals surface area contributed by atoms with Crippen molar-refractivity contribution < 1.29 is 4.92 Å². The fourth-order valence-corrected chi connectivity index (χ4v) is 1.01. The normalized spacial score (nSPS) is 11.0. The minimum Gasteiger partial charge on any atom is -0.383 e. The highest BCUT2D eigenvalue weighted by Gasteiger charge is 2.02. The molecule has 0 heterocycles. The van der Waals surface area contributed by atoms with Crippen LogP contribution in [0, 0.1) is 10.1 Å². The summed E-state index contributed by atoms with van der Waals surface area (Å²) in [6.07, 6.45) is 0.954. The summed E-state index contributed by atoms with van der Waals surface area (Å²) in [5, 5.41) is 13.0. The summed E-state index contributed by atoms with van der Waals surface area (Å²) in [6.45, 7) is 0. The molecule has 4 nitrogen and oxygen atoms in total. The second kappa shape index (κ2) is 4.25. The van der Waals surface area contributed by atoms with E-state index < -0.39 is 4.92 Å². The molecule has 0 radical (unpaired) electrons. The lowest BCUT2D eigenvalue weighted by molar-refractivity contribution is -0.401. The van der Waals surface area contributed by atoms with Crippen molar-refractivity contribution in [3.8, 4) is 0 Å². The molecule has 13 heavy (non-hydrogen) atoms. The maximum atomic E-state index is 10.2. The Balaban J connectivity index is 2.98. The van der Waals surface area contributed by atoms with Gasteiger partial charge in [0.05, 0.1) is 4.92 Å². The first-order chi connectivity index (χ1) is 6.24. The molecule has 1 aromatic carbocycles. The molecular weight excluding hydrogens is 168 g/mol. The van der Waals surface area contributed by atoms with Crippen molar-refractivity contribution >= 4 is 5.70 Å². The fraction of sp³-hybridized carbons (Fsp3) is 0.111. The van der Waals surface area contributed by atoms with Crippen molar-refractivity contribution in [2.45, 2.75) is 0 Å². The Hall–Kier alpha value is -1.84. The van der Waals surface area contributed by atoms with Gasteiger partial charge in [-0.3, -0.25) is 10.1 Å². The van der Waals surface area contributed by atoms with Crippen LogP contribution in [0.2, 0.25) is 0 Å². The second-order valence-corrected chi connectivity index (χ2v) is 2.44. The molecule has 0 aromatic heterocycles. The number of rotatable bonds is 3. The Labute approximate surface area is 76.0 Å². The number of nitrogens with one attached hydrogen (secondary N) is 1. The van der Waals surface area contributed by atoms with Gasteiger partial charge in [-0.15, -0.1) is 0 Å². The van der Waals surface area contributed by atoms with E-state index in [0.29, 0.717) is 5.70 Å². The molecule has 0 atom stereocenters. The molecule has 0 aliphatic rings. The highest BCUT2D eigenvalue weighted by Crippen LogP contribution is 2.09. The molecule has 68 valence electrons. The first-order valence-corrected chi connectivity index (χ1v) is 3.82. The van der Waals surface area contributed by atoms with E-state index in [1.807, 2.05) is 30.3 Å². The molecule has 0 spiro atoms. The van der Waals surface area contributed by atoms with Gasteiger partial charge in [-0.2, -0.15) is 0 Å². The van der Waals surface area contributed by atoms with Crippen molar-refractivity contribution in [3.05, 3.63) is 52.2 Å². The van der Waals surface area contributed by atoms with Crippen molar-refractivity contribution in [2.75, 3.05) is 7.05 Å². The summed E-state index contributed by atoms with van der Waals surface area (Å²) in [5.41, 5.74) is 1.31. The molecule has 0 aliphatic heterocycles. The van der Waals surface area contributed by atoms with Crippen LogP contribution in [0.15, 0.2) is 36.5 Å². The molecule has 0 amide bonds. The first-order valence-electron chi connectivity index (χ1n) is 3.82. The molecule has 0 aliphatic carbocycles. The van der Waals surface area contributed by atoms with Crippen LogP contribution in [0.4, 0.5) is 0 Å². The SMILES string of the molecule is CN/C(=C/[N+](=O)[O-])c1ccccc1. The van der Waals surface area contributed by atoms with Gasteiger partial charge in [-0.05, 0) is 0 Å². The third-order valence-corrected chi connectivity index (χ3v) is 1.59. The summed E-state index contributed by atoms with van der Waals surface area (Å²) < 4.78 is 0. The third kappa shape index (κ3) is 2.59. The largest absolute Gasteiger partial charge is 0.383 e. The highest BCUT2D eigenvalue weighted by molar-refractivity contribution is 5.62. The van der Waals surface area contributed by atoms with Crippen LogP contribution in [-0.4, -0.2) is 12.0 Å². The predicted molar refractivity (Wildman–Crippen MR) is 50.5 cm³/mol. The smallest absolute Gasteiger partial charge is 0.257 e. The number of benzene rings is 1. The second-order valence-electron chi connectivity index (χ2n) is 2.44. The van der Waals surface area contributed by atoms with Crippen molar-refractivity contribution in [2.24, 2.45) is 0 Å². The zero-order valence-corrected chi connectivity index (χ0v) is 7.23. The fourth-order valence-electron chi connectivity index (χ4n) is 1.01. The molecule has 1 aromatic rings. The van der Waals surface area contributed by atoms with Gasteiger partial charge in [-0.1, -0.05) is 30.3 Å². The van der Waals surface area contributed by atoms with Crippen LogP contribution < -0.4 is 5.32 Å². The minimum absolute atomic E-state index is 0.473. The molecule has 0 bridgehead atoms. The van der Waals surface area contributed by atoms with Crippen molar-refractivity contribution in [3.63, 3.8) is 0 Å². The van der Waals surface area contributed by atoms with Crippen LogP contribution in [0.1, 0.15) is 5.56 Å². The zero-order chi connectivity index (χ0) is 9.68. The van der Waals surface area contributed by atoms with E-state index in [1.54, 1.807) is 7.05 Å². The van der Waals surface area contributed by atoms with Crippen LogP contribution in [0.3, 0.4) is 0 Å². The quantitative estimate of drug-likeness (QED) is 0.563. The van der Waals surface area contributed by atoms with E-state index in [1.165, 1.54) is 0 Å². The van der Waals surface area contributed by atoms with Gasteiger partial charge in [0.2, 0.25) is 0 Å². The van der Waals surface area contributed by atoms with E-state index in [4.69, 9.17) is 0 Å². The van der Waals surface area contributed by atoms with Crippen molar-refractivity contribution in [1.82, 2.24) is 5.32 Å². The number of nitro groups is 1. The van der Waals surface area contributed by atoms with Crippen LogP contribution >= 0.6 is 0 Å². The number of hydrogen-bond acceptors (Lipinski definition) is 3. The average molecular weight is 178 g/mol. The molecule has 0 fully saturated rings. The average Bonchev–Trinajstić information content (AvgIpc) is 2.15. The van der Waals surface area contributed by atoms with Crippen molar-refractivity contribution in [1.29, 1.82) is 0 Å². The van der Waals surface area contributed by atoms with Crippen LogP contribution in [0.5, 0.6) is 0 Å². The van der Waals surface area contributed by atoms with Gasteiger partial charge >= 0.3 is 0 Å². The molecule has 0 saturated heterocycles. The molecule has 0 saturated carbocycles. The molecular formula is C9H10N2O2. The number of nitrogens with zero attached hydrogens (tertiary/aromatic N) is 1. The minimum atomic E-state index is -0.473.